The number of amides is 1. The van der Waals surface area contributed by atoms with Crippen molar-refractivity contribution in [3.63, 3.8) is 0 Å². The Balaban J connectivity index is 2.02. The average Bonchev–Trinajstić information content (AvgIpc) is 2.62. The predicted molar refractivity (Wildman–Crippen MR) is 96.9 cm³/mol. The second-order valence-electron chi connectivity index (χ2n) is 5.69. The van der Waals surface area contributed by atoms with E-state index in [4.69, 9.17) is 15.9 Å². The normalized spacial score (nSPS) is 11.3. The van der Waals surface area contributed by atoms with Gasteiger partial charge in [0, 0.05) is 5.56 Å². The van der Waals surface area contributed by atoms with Crippen molar-refractivity contribution < 1.29 is 19.1 Å². The molecule has 0 saturated carbocycles. The highest BCUT2D eigenvalue weighted by atomic mass is 16.6. The summed E-state index contributed by atoms with van der Waals surface area (Å²) in [6.07, 6.45) is -1.20. The first-order valence-corrected chi connectivity index (χ1v) is 7.93. The van der Waals surface area contributed by atoms with Gasteiger partial charge in [0.1, 0.15) is 11.6 Å². The second kappa shape index (κ2) is 8.66. The van der Waals surface area contributed by atoms with Crippen molar-refractivity contribution in [1.82, 2.24) is 5.32 Å². The van der Waals surface area contributed by atoms with Crippen LogP contribution in [0.4, 0.5) is 0 Å². The van der Waals surface area contributed by atoms with Crippen LogP contribution in [0, 0.1) is 12.3 Å². The summed E-state index contributed by atoms with van der Waals surface area (Å²) in [5.41, 5.74) is 7.73. The van der Waals surface area contributed by atoms with E-state index in [2.05, 4.69) is 10.1 Å². The fourth-order valence-electron chi connectivity index (χ4n) is 2.18. The molecule has 0 aromatic heterocycles. The summed E-state index contributed by atoms with van der Waals surface area (Å²) < 4.78 is 10.2. The first kappa shape index (κ1) is 19.0. The quantitative estimate of drug-likeness (QED) is 0.301. The number of hydrogen-bond donors (Lipinski definition) is 3. The highest BCUT2D eigenvalue weighted by molar-refractivity contribution is 5.95. The minimum Gasteiger partial charge on any atom is -0.465 e. The molecule has 0 heterocycles. The number of ether oxygens (including phenoxy) is 2. The number of amidine groups is 1. The summed E-state index contributed by atoms with van der Waals surface area (Å²) in [5, 5.41) is 9.87. The molecule has 26 heavy (non-hydrogen) atoms. The monoisotopic (exact) mass is 355 g/mol. The Morgan fingerprint density at radius 2 is 1.73 bits per heavy atom. The minimum atomic E-state index is -1.24. The van der Waals surface area contributed by atoms with Crippen molar-refractivity contribution in [2.75, 3.05) is 7.11 Å². The zero-order valence-electron chi connectivity index (χ0n) is 14.6. The minimum absolute atomic E-state index is 0.0433. The number of nitrogen functional groups attached to an aromatic ring is 1. The molecule has 0 fully saturated rings. The summed E-state index contributed by atoms with van der Waals surface area (Å²) in [6.45, 7) is 1.93. The van der Waals surface area contributed by atoms with Crippen molar-refractivity contribution >= 4 is 17.7 Å². The molecule has 2 rings (SSSR count). The second-order valence-corrected chi connectivity index (χ2v) is 5.69. The highest BCUT2D eigenvalue weighted by Crippen LogP contribution is 2.13. The summed E-state index contributed by atoms with van der Waals surface area (Å²) in [6, 6.07) is 13.8. The van der Waals surface area contributed by atoms with Gasteiger partial charge in [0.25, 0.3) is 6.23 Å². The van der Waals surface area contributed by atoms with Gasteiger partial charge in [0.2, 0.25) is 5.91 Å². The smallest absolute Gasteiger partial charge is 0.368 e. The number of esters is 1. The third kappa shape index (κ3) is 5.34. The number of hydrogen-bond acceptors (Lipinski definition) is 5. The first-order valence-electron chi connectivity index (χ1n) is 7.93. The molecule has 4 N–H and O–H groups in total. The third-order valence-electron chi connectivity index (χ3n) is 3.61. The zero-order chi connectivity index (χ0) is 19.1. The lowest BCUT2D eigenvalue weighted by Crippen LogP contribution is -2.46. The van der Waals surface area contributed by atoms with Gasteiger partial charge in [-0.2, -0.15) is 0 Å². The van der Waals surface area contributed by atoms with Crippen LogP contribution in [0.5, 0.6) is 5.75 Å². The molecule has 7 nitrogen and oxygen atoms in total. The fourth-order valence-corrected chi connectivity index (χ4v) is 2.18. The van der Waals surface area contributed by atoms with E-state index in [1.54, 1.807) is 36.4 Å². The molecule has 0 aliphatic carbocycles. The fraction of sp³-hybridized carbons (Fsp3) is 0.211. The van der Waals surface area contributed by atoms with Gasteiger partial charge < -0.3 is 20.5 Å². The van der Waals surface area contributed by atoms with Crippen molar-refractivity contribution in [2.45, 2.75) is 19.6 Å². The van der Waals surface area contributed by atoms with Gasteiger partial charge in [-0.3, -0.25) is 10.2 Å². The van der Waals surface area contributed by atoms with Gasteiger partial charge in [0.15, 0.2) is 0 Å². The average molecular weight is 355 g/mol. The van der Waals surface area contributed by atoms with E-state index in [-0.39, 0.29) is 12.3 Å². The van der Waals surface area contributed by atoms with Crippen LogP contribution in [0.15, 0.2) is 48.5 Å². The Bertz CT molecular complexity index is 785. The lowest BCUT2D eigenvalue weighted by Gasteiger charge is -2.18. The number of aryl methyl sites for hydroxylation is 1. The van der Waals surface area contributed by atoms with Gasteiger partial charge in [-0.15, -0.1) is 0 Å². The molecular formula is C19H21N3O4. The molecule has 0 saturated heterocycles. The predicted octanol–water partition coefficient (Wildman–Crippen LogP) is 1.52. The van der Waals surface area contributed by atoms with Crippen molar-refractivity contribution in [3.8, 4) is 5.75 Å². The molecule has 2 aromatic carbocycles. The van der Waals surface area contributed by atoms with Crippen molar-refractivity contribution in [2.24, 2.45) is 5.73 Å². The van der Waals surface area contributed by atoms with Crippen LogP contribution in [0.3, 0.4) is 0 Å². The SMILES string of the molecule is COC(=O)C(NC(=O)Cc1ccc(C(=N)N)cc1)Oc1ccc(C)cc1. The standard InChI is InChI=1S/C19H21N3O4/c1-12-3-9-15(10-4-12)26-18(19(24)25-2)22-16(23)11-13-5-7-14(8-6-13)17(20)21/h3-10,18H,11H2,1-2H3,(H3,20,21)(H,22,23). The molecule has 1 atom stereocenters. The Labute approximate surface area is 151 Å². The number of carbonyl (C=O) groups excluding carboxylic acids is 2. The lowest BCUT2D eigenvalue weighted by molar-refractivity contribution is -0.152. The Morgan fingerprint density at radius 1 is 1.12 bits per heavy atom. The Morgan fingerprint density at radius 3 is 2.27 bits per heavy atom. The van der Waals surface area contributed by atoms with Gasteiger partial charge >= 0.3 is 5.97 Å². The van der Waals surface area contributed by atoms with Crippen LogP contribution in [0.2, 0.25) is 0 Å². The third-order valence-corrected chi connectivity index (χ3v) is 3.61. The van der Waals surface area contributed by atoms with Gasteiger partial charge in [-0.1, -0.05) is 42.0 Å². The molecule has 0 bridgehead atoms. The molecule has 7 heteroatoms. The number of nitrogens with two attached hydrogens (primary N) is 1. The molecule has 0 radical (unpaired) electrons. The molecular weight excluding hydrogens is 334 g/mol. The summed E-state index contributed by atoms with van der Waals surface area (Å²) in [7, 11) is 1.22. The van der Waals surface area contributed by atoms with Gasteiger partial charge in [0.05, 0.1) is 13.5 Å². The Hall–Kier alpha value is -3.35. The van der Waals surface area contributed by atoms with E-state index >= 15 is 0 Å². The van der Waals surface area contributed by atoms with E-state index in [1.807, 2.05) is 19.1 Å². The summed E-state index contributed by atoms with van der Waals surface area (Å²) in [5.74, 6) is -0.704. The topological polar surface area (TPSA) is 114 Å². The lowest BCUT2D eigenvalue weighted by atomic mass is 10.1. The van der Waals surface area contributed by atoms with Crippen molar-refractivity contribution in [3.05, 3.63) is 65.2 Å². The summed E-state index contributed by atoms with van der Waals surface area (Å²) in [4.78, 5) is 24.1. The molecule has 136 valence electrons. The van der Waals surface area contributed by atoms with E-state index in [1.165, 1.54) is 7.11 Å². The van der Waals surface area contributed by atoms with Crippen LogP contribution >= 0.6 is 0 Å². The van der Waals surface area contributed by atoms with Crippen LogP contribution in [-0.4, -0.2) is 31.0 Å². The van der Waals surface area contributed by atoms with Crippen molar-refractivity contribution in [1.29, 1.82) is 5.41 Å². The molecule has 0 aliphatic rings. The van der Waals surface area contributed by atoms with E-state index in [0.717, 1.165) is 5.56 Å². The van der Waals surface area contributed by atoms with Crippen LogP contribution in [0.25, 0.3) is 0 Å². The highest BCUT2D eigenvalue weighted by Gasteiger charge is 2.23. The largest absolute Gasteiger partial charge is 0.465 e. The molecule has 1 unspecified atom stereocenters. The maximum atomic E-state index is 12.2. The van der Waals surface area contributed by atoms with Crippen LogP contribution < -0.4 is 15.8 Å². The maximum absolute atomic E-state index is 12.2. The Kier molecular flexibility index (Phi) is 6.32. The van der Waals surface area contributed by atoms with Gasteiger partial charge in [-0.25, -0.2) is 4.79 Å². The number of benzene rings is 2. The van der Waals surface area contributed by atoms with Gasteiger partial charge in [-0.05, 0) is 24.6 Å². The number of nitrogens with one attached hydrogen (secondary N) is 2. The summed E-state index contributed by atoms with van der Waals surface area (Å²) >= 11 is 0. The molecule has 1 amide bonds. The number of carbonyl (C=O) groups is 2. The van der Waals surface area contributed by atoms with Crippen LogP contribution in [-0.2, 0) is 20.7 Å². The number of rotatable bonds is 7. The van der Waals surface area contributed by atoms with E-state index in [9.17, 15) is 9.59 Å². The maximum Gasteiger partial charge on any atom is 0.368 e. The first-order chi connectivity index (χ1) is 12.4. The van der Waals surface area contributed by atoms with E-state index < -0.39 is 18.1 Å². The number of methoxy groups -OCH3 is 1. The molecule has 0 aliphatic heterocycles. The molecule has 2 aromatic rings. The van der Waals surface area contributed by atoms with E-state index in [0.29, 0.717) is 16.9 Å². The van der Waals surface area contributed by atoms with Crippen LogP contribution in [0.1, 0.15) is 16.7 Å². The molecule has 0 spiro atoms. The zero-order valence-corrected chi connectivity index (χ0v) is 14.6.